The molecule has 3 nitrogen and oxygen atoms in total. The van der Waals surface area contributed by atoms with E-state index in [4.69, 9.17) is 4.42 Å². The molecule has 11 rings (SSSR count). The second-order valence-corrected chi connectivity index (χ2v) is 14.1. The van der Waals surface area contributed by atoms with E-state index in [9.17, 15) is 0 Å². The fourth-order valence-corrected chi connectivity index (χ4v) is 8.51. The zero-order valence-electron chi connectivity index (χ0n) is 29.9. The molecular formula is C52H34N2O. The number of nitrogens with zero attached hydrogens (tertiary/aromatic N) is 2. The predicted octanol–water partition coefficient (Wildman–Crippen LogP) is 14.6. The lowest BCUT2D eigenvalue weighted by atomic mass is 9.95. The largest absolute Gasteiger partial charge is 0.456 e. The zero-order valence-corrected chi connectivity index (χ0v) is 29.9. The number of hydrogen-bond acceptors (Lipinski definition) is 2. The number of aromatic nitrogens is 1. The van der Waals surface area contributed by atoms with Gasteiger partial charge in [-0.1, -0.05) is 146 Å². The first-order valence-electron chi connectivity index (χ1n) is 18.8. The third-order valence-electron chi connectivity index (χ3n) is 11.0. The smallest absolute Gasteiger partial charge is 0.136 e. The topological polar surface area (TPSA) is 21.3 Å². The molecule has 0 fully saturated rings. The molecule has 0 aliphatic carbocycles. The van der Waals surface area contributed by atoms with Crippen LogP contribution in [-0.4, -0.2) is 4.57 Å². The van der Waals surface area contributed by atoms with Crippen LogP contribution < -0.4 is 4.90 Å². The number of furan rings is 1. The van der Waals surface area contributed by atoms with Gasteiger partial charge in [0.05, 0.1) is 16.7 Å². The van der Waals surface area contributed by atoms with E-state index < -0.39 is 0 Å². The summed E-state index contributed by atoms with van der Waals surface area (Å²) in [6.45, 7) is 0. The van der Waals surface area contributed by atoms with E-state index >= 15 is 0 Å². The van der Waals surface area contributed by atoms with Crippen LogP contribution in [0.2, 0.25) is 0 Å². The second kappa shape index (κ2) is 12.6. The van der Waals surface area contributed by atoms with Crippen molar-refractivity contribution < 1.29 is 4.42 Å². The van der Waals surface area contributed by atoms with Crippen LogP contribution in [-0.2, 0) is 0 Å². The van der Waals surface area contributed by atoms with E-state index in [0.717, 1.165) is 50.2 Å². The highest BCUT2D eigenvalue weighted by molar-refractivity contribution is 6.23. The maximum atomic E-state index is 6.70. The average molecular weight is 703 g/mol. The van der Waals surface area contributed by atoms with Crippen LogP contribution in [0.4, 0.5) is 17.1 Å². The van der Waals surface area contributed by atoms with Gasteiger partial charge in [0.1, 0.15) is 11.2 Å². The van der Waals surface area contributed by atoms with Gasteiger partial charge in [0.25, 0.3) is 0 Å². The van der Waals surface area contributed by atoms with Crippen molar-refractivity contribution in [2.24, 2.45) is 0 Å². The van der Waals surface area contributed by atoms with Crippen molar-refractivity contribution in [2.75, 3.05) is 4.90 Å². The van der Waals surface area contributed by atoms with Crippen LogP contribution >= 0.6 is 0 Å². The third-order valence-corrected chi connectivity index (χ3v) is 11.0. The van der Waals surface area contributed by atoms with Crippen LogP contribution in [0.25, 0.3) is 82.5 Å². The minimum absolute atomic E-state index is 0.866. The maximum absolute atomic E-state index is 6.70. The molecule has 2 aromatic heterocycles. The van der Waals surface area contributed by atoms with Crippen molar-refractivity contribution in [3.8, 4) is 27.9 Å². The molecule has 0 unspecified atom stereocenters. The number of rotatable bonds is 6. The van der Waals surface area contributed by atoms with Crippen molar-refractivity contribution in [3.05, 3.63) is 206 Å². The minimum atomic E-state index is 0.866. The first-order valence-corrected chi connectivity index (χ1v) is 18.8. The van der Waals surface area contributed by atoms with E-state index in [1.807, 2.05) is 0 Å². The molecule has 0 bridgehead atoms. The molecule has 2 heterocycles. The van der Waals surface area contributed by atoms with Crippen LogP contribution in [0.3, 0.4) is 0 Å². The normalized spacial score (nSPS) is 11.6. The number of benzene rings is 9. The van der Waals surface area contributed by atoms with Gasteiger partial charge in [0, 0.05) is 38.6 Å². The molecule has 11 aromatic rings. The molecule has 258 valence electrons. The van der Waals surface area contributed by atoms with Gasteiger partial charge in [-0.05, 0) is 93.7 Å². The first kappa shape index (κ1) is 31.2. The lowest BCUT2D eigenvalue weighted by molar-refractivity contribution is 0.669. The Balaban J connectivity index is 1.19. The highest BCUT2D eigenvalue weighted by Gasteiger charge is 2.23. The summed E-state index contributed by atoms with van der Waals surface area (Å²) >= 11 is 0. The molecular weight excluding hydrogens is 669 g/mol. The summed E-state index contributed by atoms with van der Waals surface area (Å²) in [4.78, 5) is 2.41. The SMILES string of the molecule is c1ccc(-c2ccc(N(c3ccc4oc5cc(-c6ccccc6)c6ccccc6c5c4c3)c3cccc4c5ccccc5n(-c5ccccc5)c34)cc2)cc1. The first-order chi connectivity index (χ1) is 27.3. The molecule has 55 heavy (non-hydrogen) atoms. The Labute approximate surface area is 318 Å². The Kier molecular flexibility index (Phi) is 7.17. The van der Waals surface area contributed by atoms with Gasteiger partial charge in [-0.3, -0.25) is 0 Å². The molecule has 9 aromatic carbocycles. The molecule has 0 amide bonds. The van der Waals surface area contributed by atoms with E-state index in [-0.39, 0.29) is 0 Å². The quantitative estimate of drug-likeness (QED) is 0.172. The summed E-state index contributed by atoms with van der Waals surface area (Å²) in [5.74, 6) is 0. The van der Waals surface area contributed by atoms with Gasteiger partial charge in [-0.15, -0.1) is 0 Å². The summed E-state index contributed by atoms with van der Waals surface area (Å²) in [6, 6.07) is 73.8. The summed E-state index contributed by atoms with van der Waals surface area (Å²) < 4.78 is 9.11. The Morgan fingerprint density at radius 3 is 1.75 bits per heavy atom. The predicted molar refractivity (Wildman–Crippen MR) is 231 cm³/mol. The van der Waals surface area contributed by atoms with Crippen LogP contribution in [0, 0.1) is 0 Å². The van der Waals surface area contributed by atoms with Crippen molar-refractivity contribution in [1.29, 1.82) is 0 Å². The van der Waals surface area contributed by atoms with Crippen LogP contribution in [0.15, 0.2) is 211 Å². The molecule has 0 N–H and O–H groups in total. The van der Waals surface area contributed by atoms with E-state index in [1.54, 1.807) is 0 Å². The van der Waals surface area contributed by atoms with Crippen molar-refractivity contribution in [1.82, 2.24) is 4.57 Å². The molecule has 0 aliphatic rings. The van der Waals surface area contributed by atoms with Gasteiger partial charge in [-0.2, -0.15) is 0 Å². The molecule has 0 radical (unpaired) electrons. The summed E-state index contributed by atoms with van der Waals surface area (Å²) in [5.41, 5.74) is 13.1. The standard InChI is InChI=1S/C52H34N2O/c1-4-15-35(16-5-1)36-27-29-39(30-28-36)53(48-26-14-24-44-42-22-12-13-25-47(42)54(52(44)48)38-19-8-3-9-20-38)40-31-32-49-46(33-40)51-43-23-11-10-21-41(43)45(34-50(51)55-49)37-17-6-2-7-18-37/h1-34H. The highest BCUT2D eigenvalue weighted by atomic mass is 16.3. The Hall–Kier alpha value is -7.36. The van der Waals surface area contributed by atoms with Crippen molar-refractivity contribution >= 4 is 71.6 Å². The Morgan fingerprint density at radius 1 is 0.382 bits per heavy atom. The molecule has 0 saturated carbocycles. The number of anilines is 3. The fraction of sp³-hybridized carbons (Fsp3) is 0. The van der Waals surface area contributed by atoms with Gasteiger partial charge in [0.15, 0.2) is 0 Å². The summed E-state index contributed by atoms with van der Waals surface area (Å²) in [5, 5.41) is 7.03. The van der Waals surface area contributed by atoms with Crippen LogP contribution in [0.5, 0.6) is 0 Å². The average Bonchev–Trinajstić information content (AvgIpc) is 3.81. The number of para-hydroxylation sites is 3. The van der Waals surface area contributed by atoms with E-state index in [0.29, 0.717) is 0 Å². The molecule has 3 heteroatoms. The minimum Gasteiger partial charge on any atom is -0.456 e. The monoisotopic (exact) mass is 702 g/mol. The molecule has 0 spiro atoms. The maximum Gasteiger partial charge on any atom is 0.136 e. The molecule has 0 saturated heterocycles. The van der Waals surface area contributed by atoms with E-state index in [2.05, 4.69) is 216 Å². The van der Waals surface area contributed by atoms with Crippen LogP contribution in [0.1, 0.15) is 0 Å². The van der Waals surface area contributed by atoms with Gasteiger partial charge < -0.3 is 13.9 Å². The molecule has 0 atom stereocenters. The number of hydrogen-bond donors (Lipinski definition) is 0. The molecule has 0 aliphatic heterocycles. The van der Waals surface area contributed by atoms with Gasteiger partial charge in [0.2, 0.25) is 0 Å². The lowest BCUT2D eigenvalue weighted by Crippen LogP contribution is -2.11. The number of fused-ring (bicyclic) bond motifs is 8. The van der Waals surface area contributed by atoms with Crippen molar-refractivity contribution in [3.63, 3.8) is 0 Å². The van der Waals surface area contributed by atoms with Crippen molar-refractivity contribution in [2.45, 2.75) is 0 Å². The Bertz CT molecular complexity index is 3180. The fourth-order valence-electron chi connectivity index (χ4n) is 8.51. The zero-order chi connectivity index (χ0) is 36.3. The van der Waals surface area contributed by atoms with E-state index in [1.165, 1.54) is 49.3 Å². The summed E-state index contributed by atoms with van der Waals surface area (Å²) in [7, 11) is 0. The van der Waals surface area contributed by atoms with Gasteiger partial charge in [-0.25, -0.2) is 0 Å². The second-order valence-electron chi connectivity index (χ2n) is 14.1. The summed E-state index contributed by atoms with van der Waals surface area (Å²) in [6.07, 6.45) is 0. The third kappa shape index (κ3) is 5.05. The Morgan fingerprint density at radius 2 is 0.982 bits per heavy atom. The lowest BCUT2D eigenvalue weighted by Gasteiger charge is -2.27. The van der Waals surface area contributed by atoms with Gasteiger partial charge >= 0.3 is 0 Å². The highest BCUT2D eigenvalue weighted by Crippen LogP contribution is 2.46.